The van der Waals surface area contributed by atoms with Gasteiger partial charge in [-0.05, 0) is 42.8 Å². The molecule has 0 bridgehead atoms. The van der Waals surface area contributed by atoms with E-state index < -0.39 is 0 Å². The van der Waals surface area contributed by atoms with Gasteiger partial charge in [0.2, 0.25) is 5.91 Å². The molecule has 0 aliphatic carbocycles. The molecule has 23 heavy (non-hydrogen) atoms. The van der Waals surface area contributed by atoms with Crippen LogP contribution < -0.4 is 16.0 Å². The van der Waals surface area contributed by atoms with Crippen LogP contribution in [0.4, 0.5) is 11.4 Å². The van der Waals surface area contributed by atoms with Crippen molar-refractivity contribution in [2.24, 2.45) is 0 Å². The average molecular weight is 332 g/mol. The highest BCUT2D eigenvalue weighted by Crippen LogP contribution is 2.22. The summed E-state index contributed by atoms with van der Waals surface area (Å²) in [7, 11) is 1.57. The van der Waals surface area contributed by atoms with Gasteiger partial charge in [0.05, 0.1) is 6.54 Å². The summed E-state index contributed by atoms with van der Waals surface area (Å²) >= 11 is 6.03. The highest BCUT2D eigenvalue weighted by Gasteiger charge is 2.08. The van der Waals surface area contributed by atoms with E-state index in [2.05, 4.69) is 16.0 Å². The summed E-state index contributed by atoms with van der Waals surface area (Å²) in [5.74, 6) is -0.367. The Balaban J connectivity index is 1.97. The second kappa shape index (κ2) is 7.65. The maximum Gasteiger partial charge on any atom is 0.251 e. The zero-order valence-electron chi connectivity index (χ0n) is 12.9. The lowest BCUT2D eigenvalue weighted by atomic mass is 10.2. The van der Waals surface area contributed by atoms with Gasteiger partial charge in [-0.3, -0.25) is 9.59 Å². The van der Waals surface area contributed by atoms with Crippen molar-refractivity contribution in [2.75, 3.05) is 24.2 Å². The van der Waals surface area contributed by atoms with Gasteiger partial charge >= 0.3 is 0 Å². The first-order chi connectivity index (χ1) is 11.0. The maximum absolute atomic E-state index is 12.0. The molecule has 2 rings (SSSR count). The molecule has 6 heteroatoms. The van der Waals surface area contributed by atoms with Crippen LogP contribution >= 0.6 is 11.6 Å². The third kappa shape index (κ3) is 4.47. The van der Waals surface area contributed by atoms with Gasteiger partial charge in [-0.25, -0.2) is 0 Å². The number of carbonyl (C=O) groups excluding carboxylic acids is 2. The minimum atomic E-state index is -0.194. The van der Waals surface area contributed by atoms with Gasteiger partial charge in [0, 0.05) is 29.0 Å². The molecule has 0 unspecified atom stereocenters. The fraction of sp³-hybridized carbons (Fsp3) is 0.176. The van der Waals surface area contributed by atoms with Crippen molar-refractivity contribution in [1.29, 1.82) is 0 Å². The number of benzene rings is 2. The second-order valence-electron chi connectivity index (χ2n) is 4.97. The van der Waals surface area contributed by atoms with E-state index in [1.807, 2.05) is 6.92 Å². The SMILES string of the molecule is CNC(=O)c1cccc(NCC(=O)Nc2cccc(Cl)c2C)c1. The summed E-state index contributed by atoms with van der Waals surface area (Å²) in [6, 6.07) is 12.3. The van der Waals surface area contributed by atoms with Crippen molar-refractivity contribution >= 4 is 34.8 Å². The minimum absolute atomic E-state index is 0.0865. The number of hydrogen-bond acceptors (Lipinski definition) is 3. The van der Waals surface area contributed by atoms with Crippen LogP contribution in [0.15, 0.2) is 42.5 Å². The van der Waals surface area contributed by atoms with Crippen LogP contribution in [0, 0.1) is 6.92 Å². The number of halogens is 1. The van der Waals surface area contributed by atoms with Gasteiger partial charge < -0.3 is 16.0 Å². The fourth-order valence-corrected chi connectivity index (χ4v) is 2.21. The molecular formula is C17H18ClN3O2. The van der Waals surface area contributed by atoms with Crippen LogP contribution in [0.3, 0.4) is 0 Å². The Bertz CT molecular complexity index is 732. The quantitative estimate of drug-likeness (QED) is 0.788. The molecule has 0 fully saturated rings. The summed E-state index contributed by atoms with van der Waals surface area (Å²) in [6.07, 6.45) is 0. The van der Waals surface area contributed by atoms with Crippen LogP contribution in [0.1, 0.15) is 15.9 Å². The smallest absolute Gasteiger partial charge is 0.251 e. The van der Waals surface area contributed by atoms with Gasteiger partial charge in [0.15, 0.2) is 0 Å². The number of carbonyl (C=O) groups is 2. The van der Waals surface area contributed by atoms with E-state index in [1.165, 1.54) is 0 Å². The van der Waals surface area contributed by atoms with Crippen LogP contribution in [-0.4, -0.2) is 25.4 Å². The van der Waals surface area contributed by atoms with Crippen LogP contribution in [0.5, 0.6) is 0 Å². The van der Waals surface area contributed by atoms with Crippen molar-refractivity contribution in [3.63, 3.8) is 0 Å². The Labute approximate surface area is 140 Å². The monoisotopic (exact) mass is 331 g/mol. The van der Waals surface area contributed by atoms with E-state index in [1.54, 1.807) is 49.5 Å². The predicted octanol–water partition coefficient (Wildman–Crippen LogP) is 3.06. The summed E-state index contributed by atoms with van der Waals surface area (Å²) in [5, 5.41) is 8.96. The minimum Gasteiger partial charge on any atom is -0.376 e. The van der Waals surface area contributed by atoms with E-state index in [0.717, 1.165) is 5.56 Å². The van der Waals surface area contributed by atoms with Gasteiger partial charge in [-0.1, -0.05) is 23.7 Å². The van der Waals surface area contributed by atoms with Gasteiger partial charge in [-0.15, -0.1) is 0 Å². The predicted molar refractivity (Wildman–Crippen MR) is 93.1 cm³/mol. The van der Waals surface area contributed by atoms with Gasteiger partial charge in [0.1, 0.15) is 0 Å². The molecule has 0 spiro atoms. The molecule has 0 atom stereocenters. The molecule has 0 saturated heterocycles. The summed E-state index contributed by atoms with van der Waals surface area (Å²) in [4.78, 5) is 23.6. The molecule has 2 aromatic carbocycles. The van der Waals surface area contributed by atoms with Crippen molar-refractivity contribution < 1.29 is 9.59 Å². The second-order valence-corrected chi connectivity index (χ2v) is 5.38. The van der Waals surface area contributed by atoms with E-state index >= 15 is 0 Å². The zero-order chi connectivity index (χ0) is 16.8. The summed E-state index contributed by atoms with van der Waals surface area (Å²) in [5.41, 5.74) is 2.74. The van der Waals surface area contributed by atoms with E-state index in [-0.39, 0.29) is 18.4 Å². The van der Waals surface area contributed by atoms with Gasteiger partial charge in [0.25, 0.3) is 5.91 Å². The summed E-state index contributed by atoms with van der Waals surface area (Å²) < 4.78 is 0. The normalized spacial score (nSPS) is 10.0. The zero-order valence-corrected chi connectivity index (χ0v) is 13.7. The molecule has 0 saturated carbocycles. The lowest BCUT2D eigenvalue weighted by Crippen LogP contribution is -2.22. The maximum atomic E-state index is 12.0. The molecule has 0 aliphatic rings. The van der Waals surface area contributed by atoms with E-state index in [4.69, 9.17) is 11.6 Å². The number of nitrogens with one attached hydrogen (secondary N) is 3. The molecule has 120 valence electrons. The van der Waals surface area contributed by atoms with Crippen LogP contribution in [-0.2, 0) is 4.79 Å². The average Bonchev–Trinajstić information content (AvgIpc) is 2.56. The molecule has 2 amide bonds. The molecule has 5 nitrogen and oxygen atoms in total. The third-order valence-electron chi connectivity index (χ3n) is 3.35. The first kappa shape index (κ1) is 16.8. The standard InChI is InChI=1S/C17H18ClN3O2/c1-11-14(18)7-4-8-15(11)21-16(22)10-20-13-6-3-5-12(9-13)17(23)19-2/h3-9,20H,10H2,1-2H3,(H,19,23)(H,21,22). The Morgan fingerprint density at radius 3 is 2.61 bits per heavy atom. The Kier molecular flexibility index (Phi) is 5.60. The molecule has 0 radical (unpaired) electrons. The Morgan fingerprint density at radius 2 is 1.87 bits per heavy atom. The molecule has 2 aromatic rings. The Hall–Kier alpha value is -2.53. The Morgan fingerprint density at radius 1 is 1.13 bits per heavy atom. The molecule has 0 aromatic heterocycles. The van der Waals surface area contributed by atoms with Crippen molar-refractivity contribution in [3.8, 4) is 0 Å². The van der Waals surface area contributed by atoms with Crippen molar-refractivity contribution in [2.45, 2.75) is 6.92 Å². The molecule has 0 heterocycles. The fourth-order valence-electron chi connectivity index (χ4n) is 2.03. The number of hydrogen-bond donors (Lipinski definition) is 3. The first-order valence-electron chi connectivity index (χ1n) is 7.12. The third-order valence-corrected chi connectivity index (χ3v) is 3.76. The first-order valence-corrected chi connectivity index (χ1v) is 7.50. The highest BCUT2D eigenvalue weighted by molar-refractivity contribution is 6.31. The molecule has 0 aliphatic heterocycles. The molecular weight excluding hydrogens is 314 g/mol. The van der Waals surface area contributed by atoms with Crippen molar-refractivity contribution in [1.82, 2.24) is 5.32 Å². The van der Waals surface area contributed by atoms with Crippen LogP contribution in [0.25, 0.3) is 0 Å². The van der Waals surface area contributed by atoms with E-state index in [9.17, 15) is 9.59 Å². The molecule has 3 N–H and O–H groups in total. The van der Waals surface area contributed by atoms with Crippen LogP contribution in [0.2, 0.25) is 5.02 Å². The van der Waals surface area contributed by atoms with E-state index in [0.29, 0.717) is 22.0 Å². The topological polar surface area (TPSA) is 70.2 Å². The lowest BCUT2D eigenvalue weighted by molar-refractivity contribution is -0.114. The van der Waals surface area contributed by atoms with Gasteiger partial charge in [-0.2, -0.15) is 0 Å². The largest absolute Gasteiger partial charge is 0.376 e. The number of amides is 2. The number of rotatable bonds is 5. The lowest BCUT2D eigenvalue weighted by Gasteiger charge is -2.11. The highest BCUT2D eigenvalue weighted by atomic mass is 35.5. The number of anilines is 2. The summed E-state index contributed by atoms with van der Waals surface area (Å²) in [6.45, 7) is 1.93. The van der Waals surface area contributed by atoms with Crippen molar-refractivity contribution in [3.05, 3.63) is 58.6 Å².